The van der Waals surface area contributed by atoms with Gasteiger partial charge < -0.3 is 20.3 Å². The van der Waals surface area contributed by atoms with Crippen LogP contribution in [0.3, 0.4) is 0 Å². The van der Waals surface area contributed by atoms with Crippen molar-refractivity contribution >= 4 is 22.9 Å². The monoisotopic (exact) mass is 380 g/mol. The summed E-state index contributed by atoms with van der Waals surface area (Å²) in [5.74, 6) is 0.231. The molecule has 3 atom stereocenters. The number of anilines is 1. The van der Waals surface area contributed by atoms with Crippen LogP contribution in [0.15, 0.2) is 43.0 Å². The Morgan fingerprint density at radius 1 is 1.21 bits per heavy atom. The highest BCUT2D eigenvalue weighted by Gasteiger charge is 2.35. The Hall–Kier alpha value is -3.00. The molecule has 1 fully saturated rings. The Kier molecular flexibility index (Phi) is 4.95. The van der Waals surface area contributed by atoms with Crippen molar-refractivity contribution in [1.82, 2.24) is 24.4 Å². The van der Waals surface area contributed by atoms with Gasteiger partial charge in [0.25, 0.3) is 0 Å². The third kappa shape index (κ3) is 3.20. The Bertz CT molecular complexity index is 973. The van der Waals surface area contributed by atoms with Crippen LogP contribution >= 0.6 is 0 Å². The first-order valence-electron chi connectivity index (χ1n) is 9.54. The van der Waals surface area contributed by atoms with Crippen LogP contribution in [0, 0.1) is 0 Å². The van der Waals surface area contributed by atoms with Gasteiger partial charge in [0.15, 0.2) is 11.5 Å². The van der Waals surface area contributed by atoms with E-state index in [2.05, 4.69) is 15.0 Å². The van der Waals surface area contributed by atoms with Gasteiger partial charge in [0.2, 0.25) is 5.91 Å². The van der Waals surface area contributed by atoms with Crippen molar-refractivity contribution in [2.75, 3.05) is 12.3 Å². The molecule has 1 aromatic carbocycles. The number of piperidine rings is 1. The summed E-state index contributed by atoms with van der Waals surface area (Å²) in [5, 5.41) is 10.9. The van der Waals surface area contributed by atoms with Gasteiger partial charge >= 0.3 is 0 Å². The number of nitrogens with two attached hydrogens (primary N) is 1. The number of imidazole rings is 1. The van der Waals surface area contributed by atoms with Gasteiger partial charge in [-0.1, -0.05) is 30.3 Å². The molecule has 1 amide bonds. The third-order valence-electron chi connectivity index (χ3n) is 5.50. The second kappa shape index (κ2) is 7.55. The number of aromatic nitrogens is 4. The van der Waals surface area contributed by atoms with Gasteiger partial charge in [-0.2, -0.15) is 0 Å². The highest BCUT2D eigenvalue weighted by molar-refractivity contribution is 5.85. The van der Waals surface area contributed by atoms with Gasteiger partial charge in [-0.25, -0.2) is 15.0 Å². The van der Waals surface area contributed by atoms with Crippen LogP contribution in [-0.4, -0.2) is 48.0 Å². The number of aliphatic hydroxyl groups is 1. The second-order valence-corrected chi connectivity index (χ2v) is 7.21. The smallest absolute Gasteiger partial charge is 0.245 e. The molecule has 146 valence electrons. The van der Waals surface area contributed by atoms with Crippen LogP contribution in [0.25, 0.3) is 11.2 Å². The van der Waals surface area contributed by atoms with E-state index in [9.17, 15) is 9.90 Å². The Morgan fingerprint density at radius 3 is 2.79 bits per heavy atom. The number of likely N-dealkylation sites (tertiary alicyclic amines) is 1. The van der Waals surface area contributed by atoms with Crippen molar-refractivity contribution in [3.05, 3.63) is 48.5 Å². The summed E-state index contributed by atoms with van der Waals surface area (Å²) in [6, 6.07) is 8.75. The predicted octanol–water partition coefficient (Wildman–Crippen LogP) is 2.08. The first kappa shape index (κ1) is 18.4. The van der Waals surface area contributed by atoms with Gasteiger partial charge in [0.1, 0.15) is 17.9 Å². The molecule has 3 N–H and O–H groups in total. The molecule has 0 radical (unpaired) electrons. The van der Waals surface area contributed by atoms with Gasteiger partial charge in [-0.3, -0.25) is 4.79 Å². The second-order valence-electron chi connectivity index (χ2n) is 7.21. The molecule has 0 bridgehead atoms. The molecule has 2 aromatic heterocycles. The highest BCUT2D eigenvalue weighted by Crippen LogP contribution is 2.31. The van der Waals surface area contributed by atoms with Crippen molar-refractivity contribution in [1.29, 1.82) is 0 Å². The van der Waals surface area contributed by atoms with Crippen molar-refractivity contribution in [3.63, 3.8) is 0 Å². The number of amides is 1. The lowest BCUT2D eigenvalue weighted by Gasteiger charge is -2.40. The molecule has 1 aliphatic rings. The maximum absolute atomic E-state index is 13.4. The fourth-order valence-electron chi connectivity index (χ4n) is 3.94. The summed E-state index contributed by atoms with van der Waals surface area (Å²) in [4.78, 5) is 27.6. The van der Waals surface area contributed by atoms with Crippen LogP contribution in [0.5, 0.6) is 0 Å². The molecule has 3 aromatic rings. The van der Waals surface area contributed by atoms with Crippen molar-refractivity contribution in [3.8, 4) is 0 Å². The van der Waals surface area contributed by atoms with E-state index in [1.807, 2.05) is 42.2 Å². The van der Waals surface area contributed by atoms with E-state index in [-0.39, 0.29) is 11.9 Å². The van der Waals surface area contributed by atoms with Crippen LogP contribution in [0.2, 0.25) is 0 Å². The predicted molar refractivity (Wildman–Crippen MR) is 105 cm³/mol. The Labute approximate surface area is 163 Å². The molecule has 1 saturated heterocycles. The van der Waals surface area contributed by atoms with E-state index < -0.39 is 12.1 Å². The fourth-order valence-corrected chi connectivity index (χ4v) is 3.94. The number of benzene rings is 1. The molecule has 1 aliphatic heterocycles. The van der Waals surface area contributed by atoms with E-state index in [1.54, 1.807) is 10.9 Å². The number of aliphatic hydroxyl groups excluding tert-OH is 1. The lowest BCUT2D eigenvalue weighted by molar-refractivity contribution is -0.141. The quantitative estimate of drug-likeness (QED) is 0.717. The molecule has 8 heteroatoms. The zero-order valence-corrected chi connectivity index (χ0v) is 15.8. The number of rotatable bonds is 4. The number of carbonyl (C=O) groups excluding carboxylic acids is 1. The number of fused-ring (bicyclic) bond motifs is 1. The number of nitrogens with zero attached hydrogens (tertiary/aromatic N) is 5. The van der Waals surface area contributed by atoms with Crippen molar-refractivity contribution in [2.24, 2.45) is 0 Å². The molecule has 0 aliphatic carbocycles. The largest absolute Gasteiger partial charge is 0.386 e. The van der Waals surface area contributed by atoms with Crippen LogP contribution in [-0.2, 0) is 4.79 Å². The molecular formula is C20H24N6O2. The van der Waals surface area contributed by atoms with E-state index in [0.29, 0.717) is 23.5 Å². The van der Waals surface area contributed by atoms with Crippen LogP contribution in [0.1, 0.15) is 43.9 Å². The summed E-state index contributed by atoms with van der Waals surface area (Å²) in [6.07, 6.45) is 4.92. The standard InChI is InChI=1S/C20H24N6O2/c1-13(26-12-24-16-18(21)22-11-23-19(16)26)20(28)25-10-6-5-9-15(25)17(27)14-7-3-2-4-8-14/h2-4,7-8,11-13,15,17,27H,5-6,9-10H2,1H3,(H2,21,22,23). The Morgan fingerprint density at radius 2 is 2.00 bits per heavy atom. The average Bonchev–Trinajstić information content (AvgIpc) is 3.18. The van der Waals surface area contributed by atoms with Crippen molar-refractivity contribution in [2.45, 2.75) is 44.4 Å². The summed E-state index contributed by atoms with van der Waals surface area (Å²) in [5.41, 5.74) is 7.71. The lowest BCUT2D eigenvalue weighted by atomic mass is 9.92. The molecule has 8 nitrogen and oxygen atoms in total. The normalized spacial score (nSPS) is 19.5. The molecule has 0 spiro atoms. The van der Waals surface area contributed by atoms with E-state index in [4.69, 9.17) is 5.73 Å². The van der Waals surface area contributed by atoms with Gasteiger partial charge in [0, 0.05) is 6.54 Å². The lowest BCUT2D eigenvalue weighted by Crippen LogP contribution is -2.49. The van der Waals surface area contributed by atoms with Crippen LogP contribution < -0.4 is 5.73 Å². The summed E-state index contributed by atoms with van der Waals surface area (Å²) >= 11 is 0. The zero-order valence-electron chi connectivity index (χ0n) is 15.8. The summed E-state index contributed by atoms with van der Waals surface area (Å²) in [7, 11) is 0. The summed E-state index contributed by atoms with van der Waals surface area (Å²) in [6.45, 7) is 2.45. The molecular weight excluding hydrogens is 356 g/mol. The number of hydrogen-bond donors (Lipinski definition) is 2. The number of carbonyl (C=O) groups is 1. The molecule has 3 heterocycles. The maximum atomic E-state index is 13.4. The van der Waals surface area contributed by atoms with Gasteiger partial charge in [-0.15, -0.1) is 0 Å². The first-order valence-corrected chi connectivity index (χ1v) is 9.54. The average molecular weight is 380 g/mol. The van der Waals surface area contributed by atoms with Gasteiger partial charge in [-0.05, 0) is 31.7 Å². The summed E-state index contributed by atoms with van der Waals surface area (Å²) < 4.78 is 1.72. The Balaban J connectivity index is 1.62. The van der Waals surface area contributed by atoms with E-state index in [0.717, 1.165) is 24.8 Å². The SMILES string of the molecule is CC(C(=O)N1CCCCC1C(O)c1ccccc1)n1cnc2c(N)ncnc21. The zero-order chi connectivity index (χ0) is 19.7. The molecule has 4 rings (SSSR count). The van der Waals surface area contributed by atoms with Crippen molar-refractivity contribution < 1.29 is 9.90 Å². The van der Waals surface area contributed by atoms with Gasteiger partial charge in [0.05, 0.1) is 18.5 Å². The molecule has 0 saturated carbocycles. The number of hydrogen-bond acceptors (Lipinski definition) is 6. The van der Waals surface area contributed by atoms with E-state index >= 15 is 0 Å². The number of nitrogen functional groups attached to an aromatic ring is 1. The maximum Gasteiger partial charge on any atom is 0.245 e. The first-order chi connectivity index (χ1) is 13.6. The molecule has 3 unspecified atom stereocenters. The third-order valence-corrected chi connectivity index (χ3v) is 5.50. The minimum atomic E-state index is -0.713. The minimum absolute atomic E-state index is 0.0591. The molecule has 28 heavy (non-hydrogen) atoms. The minimum Gasteiger partial charge on any atom is -0.386 e. The van der Waals surface area contributed by atoms with Crippen LogP contribution in [0.4, 0.5) is 5.82 Å². The highest BCUT2D eigenvalue weighted by atomic mass is 16.3. The fraction of sp³-hybridized carbons (Fsp3) is 0.400. The van der Waals surface area contributed by atoms with E-state index in [1.165, 1.54) is 6.33 Å². The topological polar surface area (TPSA) is 110 Å².